The van der Waals surface area contributed by atoms with E-state index in [1.165, 1.54) is 43.4 Å². The quantitative estimate of drug-likeness (QED) is 0.278. The van der Waals surface area contributed by atoms with Gasteiger partial charge in [-0.1, -0.05) is 84.4 Å². The first-order valence-corrected chi connectivity index (χ1v) is 8.78. The fourth-order valence-corrected chi connectivity index (χ4v) is 3.95. The van der Waals surface area contributed by atoms with Gasteiger partial charge in [-0.3, -0.25) is 0 Å². The molecule has 0 aliphatic carbocycles. The molecule has 5 aromatic carbocycles. The largest absolute Gasteiger partial charge is 0.0843 e. The standard InChI is InChI=1S/C24H15Cl/c25-18-12-13-20-17(14-18)15-24(23-10-4-3-9-21(20)23)22-11-5-7-16-6-1-2-8-19(16)22/h1-15H. The lowest BCUT2D eigenvalue weighted by molar-refractivity contribution is 1.70. The van der Waals surface area contributed by atoms with Crippen LogP contribution in [0.1, 0.15) is 0 Å². The Morgan fingerprint density at radius 2 is 1.16 bits per heavy atom. The first-order chi connectivity index (χ1) is 12.3. The van der Waals surface area contributed by atoms with Crippen LogP contribution in [0.3, 0.4) is 0 Å². The van der Waals surface area contributed by atoms with Crippen molar-refractivity contribution in [3.63, 3.8) is 0 Å². The van der Waals surface area contributed by atoms with Crippen LogP contribution in [0.2, 0.25) is 5.02 Å². The molecule has 0 amide bonds. The third-order valence-electron chi connectivity index (χ3n) is 4.90. The van der Waals surface area contributed by atoms with Gasteiger partial charge in [0.2, 0.25) is 0 Å². The molecule has 0 spiro atoms. The second kappa shape index (κ2) is 5.61. The molecule has 0 aliphatic rings. The lowest BCUT2D eigenvalue weighted by Crippen LogP contribution is -1.86. The SMILES string of the molecule is Clc1ccc2c(c1)cc(-c1cccc3ccccc13)c1ccccc12. The molecule has 0 heterocycles. The van der Waals surface area contributed by atoms with Crippen LogP contribution in [0, 0.1) is 0 Å². The molecule has 0 fully saturated rings. The lowest BCUT2D eigenvalue weighted by atomic mass is 9.91. The molecule has 5 aromatic rings. The molecule has 0 aliphatic heterocycles. The summed E-state index contributed by atoms with van der Waals surface area (Å²) in [4.78, 5) is 0. The highest BCUT2D eigenvalue weighted by atomic mass is 35.5. The van der Waals surface area contributed by atoms with Gasteiger partial charge in [0.25, 0.3) is 0 Å². The molecule has 0 atom stereocenters. The molecule has 0 aromatic heterocycles. The van der Waals surface area contributed by atoms with E-state index in [-0.39, 0.29) is 0 Å². The van der Waals surface area contributed by atoms with E-state index in [0.717, 1.165) is 5.02 Å². The summed E-state index contributed by atoms with van der Waals surface area (Å²) in [5.41, 5.74) is 2.51. The fraction of sp³-hybridized carbons (Fsp3) is 0. The van der Waals surface area contributed by atoms with Crippen molar-refractivity contribution in [3.8, 4) is 11.1 Å². The summed E-state index contributed by atoms with van der Waals surface area (Å²) in [6.07, 6.45) is 0. The van der Waals surface area contributed by atoms with E-state index in [2.05, 4.69) is 84.9 Å². The van der Waals surface area contributed by atoms with Crippen molar-refractivity contribution in [1.82, 2.24) is 0 Å². The van der Waals surface area contributed by atoms with E-state index < -0.39 is 0 Å². The highest BCUT2D eigenvalue weighted by Gasteiger charge is 2.11. The maximum atomic E-state index is 6.26. The lowest BCUT2D eigenvalue weighted by Gasteiger charge is -2.13. The minimum atomic E-state index is 0.770. The van der Waals surface area contributed by atoms with Gasteiger partial charge in [0, 0.05) is 5.02 Å². The van der Waals surface area contributed by atoms with Crippen molar-refractivity contribution in [3.05, 3.63) is 96.0 Å². The molecule has 25 heavy (non-hydrogen) atoms. The van der Waals surface area contributed by atoms with Gasteiger partial charge in [0.15, 0.2) is 0 Å². The molecular weight excluding hydrogens is 324 g/mol. The molecule has 0 bridgehead atoms. The van der Waals surface area contributed by atoms with Crippen LogP contribution in [-0.2, 0) is 0 Å². The monoisotopic (exact) mass is 338 g/mol. The smallest absolute Gasteiger partial charge is 0.0412 e. The van der Waals surface area contributed by atoms with Crippen LogP contribution in [0.25, 0.3) is 43.4 Å². The second-order valence-electron chi connectivity index (χ2n) is 6.36. The zero-order chi connectivity index (χ0) is 16.8. The number of hydrogen-bond acceptors (Lipinski definition) is 0. The molecule has 0 radical (unpaired) electrons. The average molecular weight is 339 g/mol. The Morgan fingerprint density at radius 1 is 0.440 bits per heavy atom. The Morgan fingerprint density at radius 3 is 2.04 bits per heavy atom. The number of fused-ring (bicyclic) bond motifs is 4. The third kappa shape index (κ3) is 2.30. The second-order valence-corrected chi connectivity index (χ2v) is 6.80. The molecule has 0 saturated carbocycles. The predicted molar refractivity (Wildman–Crippen MR) is 109 cm³/mol. The topological polar surface area (TPSA) is 0 Å². The molecule has 118 valence electrons. The maximum Gasteiger partial charge on any atom is 0.0412 e. The summed E-state index contributed by atoms with van der Waals surface area (Å²) in [6, 6.07) is 32.1. The zero-order valence-electron chi connectivity index (χ0n) is 13.5. The summed E-state index contributed by atoms with van der Waals surface area (Å²) in [5.74, 6) is 0. The van der Waals surface area contributed by atoms with Crippen molar-refractivity contribution in [1.29, 1.82) is 0 Å². The van der Waals surface area contributed by atoms with Gasteiger partial charge in [0.1, 0.15) is 0 Å². The van der Waals surface area contributed by atoms with Crippen molar-refractivity contribution in [2.45, 2.75) is 0 Å². The summed E-state index contributed by atoms with van der Waals surface area (Å²) in [5, 5.41) is 8.25. The van der Waals surface area contributed by atoms with Crippen LogP contribution in [0.15, 0.2) is 91.0 Å². The van der Waals surface area contributed by atoms with Crippen molar-refractivity contribution in [2.24, 2.45) is 0 Å². The van der Waals surface area contributed by atoms with E-state index in [9.17, 15) is 0 Å². The van der Waals surface area contributed by atoms with E-state index >= 15 is 0 Å². The van der Waals surface area contributed by atoms with Crippen molar-refractivity contribution < 1.29 is 0 Å². The Kier molecular flexibility index (Phi) is 3.26. The molecule has 0 nitrogen and oxygen atoms in total. The molecule has 1 heteroatoms. The van der Waals surface area contributed by atoms with Crippen LogP contribution >= 0.6 is 11.6 Å². The Balaban J connectivity index is 1.97. The maximum absolute atomic E-state index is 6.26. The molecule has 0 saturated heterocycles. The Hall–Kier alpha value is -2.83. The number of benzene rings is 5. The van der Waals surface area contributed by atoms with Gasteiger partial charge < -0.3 is 0 Å². The Bertz CT molecular complexity index is 1250. The summed E-state index contributed by atoms with van der Waals surface area (Å²) < 4.78 is 0. The van der Waals surface area contributed by atoms with Gasteiger partial charge in [-0.05, 0) is 61.6 Å². The van der Waals surface area contributed by atoms with Crippen LogP contribution in [-0.4, -0.2) is 0 Å². The fourth-order valence-electron chi connectivity index (χ4n) is 3.77. The summed E-state index contributed by atoms with van der Waals surface area (Å²) >= 11 is 6.26. The van der Waals surface area contributed by atoms with E-state index in [1.807, 2.05) is 6.07 Å². The third-order valence-corrected chi connectivity index (χ3v) is 5.14. The average Bonchev–Trinajstić information content (AvgIpc) is 2.66. The van der Waals surface area contributed by atoms with Crippen LogP contribution < -0.4 is 0 Å². The van der Waals surface area contributed by atoms with E-state index in [1.54, 1.807) is 0 Å². The molecule has 0 N–H and O–H groups in total. The first kappa shape index (κ1) is 14.5. The van der Waals surface area contributed by atoms with Crippen molar-refractivity contribution >= 4 is 43.9 Å². The number of rotatable bonds is 1. The van der Waals surface area contributed by atoms with Gasteiger partial charge in [-0.2, -0.15) is 0 Å². The zero-order valence-corrected chi connectivity index (χ0v) is 14.3. The normalized spacial score (nSPS) is 11.4. The first-order valence-electron chi connectivity index (χ1n) is 8.40. The summed E-state index contributed by atoms with van der Waals surface area (Å²) in [7, 11) is 0. The molecular formula is C24H15Cl. The van der Waals surface area contributed by atoms with Crippen LogP contribution in [0.4, 0.5) is 0 Å². The van der Waals surface area contributed by atoms with Gasteiger partial charge in [-0.15, -0.1) is 0 Å². The van der Waals surface area contributed by atoms with Gasteiger partial charge in [0.05, 0.1) is 0 Å². The van der Waals surface area contributed by atoms with Gasteiger partial charge >= 0.3 is 0 Å². The van der Waals surface area contributed by atoms with E-state index in [4.69, 9.17) is 11.6 Å². The number of hydrogen-bond donors (Lipinski definition) is 0. The predicted octanol–water partition coefficient (Wildman–Crippen LogP) is 7.47. The highest BCUT2D eigenvalue weighted by Crippen LogP contribution is 2.38. The molecule has 0 unspecified atom stereocenters. The Labute approximate surface area is 151 Å². The van der Waals surface area contributed by atoms with Crippen molar-refractivity contribution in [2.75, 3.05) is 0 Å². The number of halogens is 1. The van der Waals surface area contributed by atoms with Crippen LogP contribution in [0.5, 0.6) is 0 Å². The summed E-state index contributed by atoms with van der Waals surface area (Å²) in [6.45, 7) is 0. The highest BCUT2D eigenvalue weighted by molar-refractivity contribution is 6.31. The van der Waals surface area contributed by atoms with Gasteiger partial charge in [-0.25, -0.2) is 0 Å². The minimum absolute atomic E-state index is 0.770. The minimum Gasteiger partial charge on any atom is -0.0843 e. The van der Waals surface area contributed by atoms with E-state index in [0.29, 0.717) is 0 Å². The molecule has 5 rings (SSSR count).